The molecule has 55 heavy (non-hydrogen) atoms. The zero-order valence-corrected chi connectivity index (χ0v) is 30.5. The number of furan rings is 1. The van der Waals surface area contributed by atoms with Crippen LogP contribution in [0.2, 0.25) is 0 Å². The lowest BCUT2D eigenvalue weighted by Crippen LogP contribution is -2.11. The molecule has 2 heteroatoms. The average molecular weight is 704 g/mol. The molecule has 0 atom stereocenters. The topological polar surface area (TPSA) is 16.4 Å². The number of anilines is 3. The SMILES string of the molecule is Cc1cc(-c2cccc3c2oc2ccccc23)ccc1N(c1ccc(-c2ccccc2)cc1)c1ccc(-c2ccc(-c3cccc4ccccc34)cc2)cc1. The molecule has 0 saturated carbocycles. The molecule has 0 radical (unpaired) electrons. The first-order chi connectivity index (χ1) is 27.2. The smallest absolute Gasteiger partial charge is 0.143 e. The Balaban J connectivity index is 1.02. The molecule has 0 saturated heterocycles. The van der Waals surface area contributed by atoms with Gasteiger partial charge in [-0.3, -0.25) is 0 Å². The predicted octanol–water partition coefficient (Wildman–Crippen LogP) is 15.2. The van der Waals surface area contributed by atoms with Crippen LogP contribution in [-0.4, -0.2) is 0 Å². The Morgan fingerprint density at radius 3 is 1.58 bits per heavy atom. The summed E-state index contributed by atoms with van der Waals surface area (Å²) in [7, 11) is 0. The molecule has 10 aromatic rings. The van der Waals surface area contributed by atoms with Gasteiger partial charge in [-0.25, -0.2) is 0 Å². The first kappa shape index (κ1) is 32.5. The molecule has 2 nitrogen and oxygen atoms in total. The third-order valence-corrected chi connectivity index (χ3v) is 10.8. The maximum atomic E-state index is 6.43. The van der Waals surface area contributed by atoms with Gasteiger partial charge in [0.05, 0.1) is 0 Å². The normalized spacial score (nSPS) is 11.4. The molecule has 0 spiro atoms. The highest BCUT2D eigenvalue weighted by Crippen LogP contribution is 2.42. The minimum Gasteiger partial charge on any atom is -0.455 e. The van der Waals surface area contributed by atoms with Crippen molar-refractivity contribution in [1.29, 1.82) is 0 Å². The molecule has 1 aromatic heterocycles. The number of aryl methyl sites for hydroxylation is 1. The minimum absolute atomic E-state index is 0.910. The molecule has 260 valence electrons. The van der Waals surface area contributed by atoms with Gasteiger partial charge in [0.1, 0.15) is 11.2 Å². The summed E-state index contributed by atoms with van der Waals surface area (Å²) in [5.74, 6) is 0. The average Bonchev–Trinajstić information content (AvgIpc) is 3.64. The van der Waals surface area contributed by atoms with Crippen molar-refractivity contribution in [2.75, 3.05) is 4.90 Å². The van der Waals surface area contributed by atoms with Gasteiger partial charge in [0.2, 0.25) is 0 Å². The van der Waals surface area contributed by atoms with E-state index >= 15 is 0 Å². The van der Waals surface area contributed by atoms with E-state index in [1.807, 2.05) is 12.1 Å². The van der Waals surface area contributed by atoms with Crippen LogP contribution in [0.1, 0.15) is 5.56 Å². The molecule has 9 aromatic carbocycles. The number of hydrogen-bond acceptors (Lipinski definition) is 2. The molecule has 1 heterocycles. The van der Waals surface area contributed by atoms with Crippen LogP contribution in [0.25, 0.3) is 77.2 Å². The van der Waals surface area contributed by atoms with E-state index in [-0.39, 0.29) is 0 Å². The van der Waals surface area contributed by atoms with E-state index in [2.05, 4.69) is 206 Å². The molecular weight excluding hydrogens is 667 g/mol. The second kappa shape index (κ2) is 13.7. The Hall–Kier alpha value is -7.16. The minimum atomic E-state index is 0.910. The Labute approximate surface area is 321 Å². The van der Waals surface area contributed by atoms with Gasteiger partial charge in [0, 0.05) is 33.4 Å². The number of rotatable bonds is 7. The van der Waals surface area contributed by atoms with Crippen LogP contribution in [0.15, 0.2) is 211 Å². The van der Waals surface area contributed by atoms with Gasteiger partial charge in [0.25, 0.3) is 0 Å². The van der Waals surface area contributed by atoms with E-state index < -0.39 is 0 Å². The number of hydrogen-bond donors (Lipinski definition) is 0. The highest BCUT2D eigenvalue weighted by atomic mass is 16.3. The summed E-state index contributed by atoms with van der Waals surface area (Å²) in [5.41, 5.74) is 15.8. The molecule has 0 bridgehead atoms. The van der Waals surface area contributed by atoms with Crippen LogP contribution < -0.4 is 4.90 Å². The van der Waals surface area contributed by atoms with E-state index in [0.717, 1.165) is 50.1 Å². The lowest BCUT2D eigenvalue weighted by atomic mass is 9.96. The molecule has 0 fully saturated rings. The van der Waals surface area contributed by atoms with Crippen LogP contribution in [0.5, 0.6) is 0 Å². The second-order valence-electron chi connectivity index (χ2n) is 14.2. The van der Waals surface area contributed by atoms with Crippen molar-refractivity contribution in [3.05, 3.63) is 212 Å². The predicted molar refractivity (Wildman–Crippen MR) is 232 cm³/mol. The fraction of sp³-hybridized carbons (Fsp3) is 0.0189. The van der Waals surface area contributed by atoms with E-state index in [9.17, 15) is 0 Å². The van der Waals surface area contributed by atoms with E-state index in [1.165, 1.54) is 49.7 Å². The van der Waals surface area contributed by atoms with E-state index in [0.29, 0.717) is 0 Å². The molecule has 10 rings (SSSR count). The molecule has 0 amide bonds. The fourth-order valence-corrected chi connectivity index (χ4v) is 8.03. The van der Waals surface area contributed by atoms with Gasteiger partial charge in [-0.05, 0) is 105 Å². The summed E-state index contributed by atoms with van der Waals surface area (Å²) in [6.45, 7) is 2.20. The second-order valence-corrected chi connectivity index (χ2v) is 14.2. The maximum Gasteiger partial charge on any atom is 0.143 e. The molecule has 0 aliphatic carbocycles. The van der Waals surface area contributed by atoms with Crippen molar-refractivity contribution in [1.82, 2.24) is 0 Å². The van der Waals surface area contributed by atoms with Crippen LogP contribution >= 0.6 is 0 Å². The zero-order valence-electron chi connectivity index (χ0n) is 30.5. The van der Waals surface area contributed by atoms with Gasteiger partial charge in [-0.15, -0.1) is 0 Å². The fourth-order valence-electron chi connectivity index (χ4n) is 8.03. The molecule has 0 aliphatic heterocycles. The number of fused-ring (bicyclic) bond motifs is 4. The largest absolute Gasteiger partial charge is 0.455 e. The number of nitrogens with zero attached hydrogens (tertiary/aromatic N) is 1. The van der Waals surface area contributed by atoms with Gasteiger partial charge < -0.3 is 9.32 Å². The maximum absolute atomic E-state index is 6.43. The van der Waals surface area contributed by atoms with Gasteiger partial charge in [-0.1, -0.05) is 164 Å². The first-order valence-electron chi connectivity index (χ1n) is 18.8. The van der Waals surface area contributed by atoms with Crippen LogP contribution in [0.4, 0.5) is 17.1 Å². The third kappa shape index (κ3) is 5.95. The highest BCUT2D eigenvalue weighted by Gasteiger charge is 2.18. The Morgan fingerprint density at radius 2 is 0.873 bits per heavy atom. The van der Waals surface area contributed by atoms with Crippen molar-refractivity contribution in [2.24, 2.45) is 0 Å². The van der Waals surface area contributed by atoms with E-state index in [4.69, 9.17) is 4.42 Å². The van der Waals surface area contributed by atoms with Crippen LogP contribution in [-0.2, 0) is 0 Å². The third-order valence-electron chi connectivity index (χ3n) is 10.8. The molecular formula is C53H37NO. The summed E-state index contributed by atoms with van der Waals surface area (Å²) >= 11 is 0. The van der Waals surface area contributed by atoms with Crippen molar-refractivity contribution < 1.29 is 4.42 Å². The zero-order chi connectivity index (χ0) is 36.7. The first-order valence-corrected chi connectivity index (χ1v) is 18.8. The number of benzene rings is 9. The summed E-state index contributed by atoms with van der Waals surface area (Å²) < 4.78 is 6.43. The van der Waals surface area contributed by atoms with Gasteiger partial charge >= 0.3 is 0 Å². The molecule has 0 N–H and O–H groups in total. The Morgan fingerprint density at radius 1 is 0.364 bits per heavy atom. The highest BCUT2D eigenvalue weighted by molar-refractivity contribution is 6.09. The summed E-state index contributed by atoms with van der Waals surface area (Å²) in [6.07, 6.45) is 0. The lowest BCUT2D eigenvalue weighted by Gasteiger charge is -2.28. The monoisotopic (exact) mass is 703 g/mol. The Kier molecular flexibility index (Phi) is 8.08. The Bertz CT molecular complexity index is 2950. The van der Waals surface area contributed by atoms with E-state index in [1.54, 1.807) is 0 Å². The molecule has 0 unspecified atom stereocenters. The van der Waals surface area contributed by atoms with Gasteiger partial charge in [0.15, 0.2) is 0 Å². The van der Waals surface area contributed by atoms with Crippen LogP contribution in [0, 0.1) is 6.92 Å². The lowest BCUT2D eigenvalue weighted by molar-refractivity contribution is 0.670. The van der Waals surface area contributed by atoms with Crippen LogP contribution in [0.3, 0.4) is 0 Å². The summed E-state index contributed by atoms with van der Waals surface area (Å²) in [4.78, 5) is 2.36. The van der Waals surface area contributed by atoms with Crippen molar-refractivity contribution >= 4 is 49.8 Å². The van der Waals surface area contributed by atoms with Crippen molar-refractivity contribution in [2.45, 2.75) is 6.92 Å². The molecule has 0 aliphatic rings. The van der Waals surface area contributed by atoms with Crippen molar-refractivity contribution in [3.63, 3.8) is 0 Å². The quantitative estimate of drug-likeness (QED) is 0.164. The summed E-state index contributed by atoms with van der Waals surface area (Å²) in [6, 6.07) is 73.9. The number of para-hydroxylation sites is 2. The van der Waals surface area contributed by atoms with Gasteiger partial charge in [-0.2, -0.15) is 0 Å². The van der Waals surface area contributed by atoms with Crippen molar-refractivity contribution in [3.8, 4) is 44.5 Å². The summed E-state index contributed by atoms with van der Waals surface area (Å²) in [5, 5.41) is 4.81. The standard InChI is InChI=1S/C53H37NO/c1-36-35-43(48-18-10-19-50-49-16-7-8-20-52(49)55-53(48)50)29-34-51(36)54(44-30-25-39(26-31-44)37-11-3-2-4-12-37)45-32-27-40(28-33-45)38-21-23-42(24-22-38)47-17-9-14-41-13-5-6-15-46(41)47/h2-35H,1H3.